The lowest BCUT2D eigenvalue weighted by atomic mass is 10.2. The van der Waals surface area contributed by atoms with E-state index in [4.69, 9.17) is 10.2 Å². The van der Waals surface area contributed by atoms with Crippen molar-refractivity contribution in [2.45, 2.75) is 10.9 Å². The lowest BCUT2D eigenvalue weighted by Gasteiger charge is -2.00. The summed E-state index contributed by atoms with van der Waals surface area (Å²) < 4.78 is 18.4. The van der Waals surface area contributed by atoms with Gasteiger partial charge in [-0.25, -0.2) is 19.3 Å². The number of anilines is 1. The summed E-state index contributed by atoms with van der Waals surface area (Å²) in [6.45, 7) is 0. The van der Waals surface area contributed by atoms with Crippen LogP contribution in [-0.2, 0) is 5.75 Å². The predicted octanol–water partition coefficient (Wildman–Crippen LogP) is 4.36. The molecule has 0 amide bonds. The first kappa shape index (κ1) is 15.1. The van der Waals surface area contributed by atoms with E-state index in [-0.39, 0.29) is 5.82 Å². The molecule has 0 radical (unpaired) electrons. The summed E-state index contributed by atoms with van der Waals surface area (Å²) in [4.78, 5) is 14.1. The second-order valence-electron chi connectivity index (χ2n) is 4.97. The van der Waals surface area contributed by atoms with Gasteiger partial charge in [0.1, 0.15) is 22.7 Å². The monoisotopic (exact) mass is 358 g/mol. The molecule has 0 aliphatic heterocycles. The SMILES string of the molecule is Nc1nc(SCc2coc(-c3ccc(F)cc3)n2)nc2sccc12. The molecule has 3 heterocycles. The largest absolute Gasteiger partial charge is 0.444 e. The Balaban J connectivity index is 1.50. The number of nitrogen functional groups attached to an aromatic ring is 1. The Morgan fingerprint density at radius 2 is 1.96 bits per heavy atom. The van der Waals surface area contributed by atoms with E-state index in [0.717, 1.165) is 21.5 Å². The number of hydrogen-bond donors (Lipinski definition) is 1. The maximum Gasteiger partial charge on any atom is 0.226 e. The van der Waals surface area contributed by atoms with E-state index in [2.05, 4.69) is 15.0 Å². The molecule has 0 atom stereocenters. The molecule has 0 spiro atoms. The van der Waals surface area contributed by atoms with Crippen LogP contribution in [0.2, 0.25) is 0 Å². The fraction of sp³-hybridized carbons (Fsp3) is 0.0625. The van der Waals surface area contributed by atoms with Crippen LogP contribution in [0.4, 0.5) is 10.2 Å². The minimum absolute atomic E-state index is 0.292. The van der Waals surface area contributed by atoms with Gasteiger partial charge in [-0.05, 0) is 35.7 Å². The van der Waals surface area contributed by atoms with Crippen LogP contribution in [0.15, 0.2) is 51.5 Å². The number of oxazole rings is 1. The number of benzene rings is 1. The molecule has 8 heteroatoms. The van der Waals surface area contributed by atoms with Crippen LogP contribution in [0, 0.1) is 5.82 Å². The number of thiophene rings is 1. The van der Waals surface area contributed by atoms with Gasteiger partial charge in [0, 0.05) is 11.3 Å². The van der Waals surface area contributed by atoms with Crippen molar-refractivity contribution in [1.29, 1.82) is 0 Å². The molecule has 120 valence electrons. The number of aromatic nitrogens is 3. The summed E-state index contributed by atoms with van der Waals surface area (Å²) in [6, 6.07) is 7.93. The predicted molar refractivity (Wildman–Crippen MR) is 93.3 cm³/mol. The molecular weight excluding hydrogens is 347 g/mol. The maximum atomic E-state index is 13.0. The number of nitrogens with two attached hydrogens (primary N) is 1. The van der Waals surface area contributed by atoms with Gasteiger partial charge in [-0.1, -0.05) is 11.8 Å². The van der Waals surface area contributed by atoms with E-state index < -0.39 is 0 Å². The van der Waals surface area contributed by atoms with Gasteiger partial charge in [0.25, 0.3) is 0 Å². The molecule has 0 saturated carbocycles. The van der Waals surface area contributed by atoms with Gasteiger partial charge in [0.15, 0.2) is 5.16 Å². The van der Waals surface area contributed by atoms with Gasteiger partial charge >= 0.3 is 0 Å². The lowest BCUT2D eigenvalue weighted by Crippen LogP contribution is -1.95. The molecule has 0 unspecified atom stereocenters. The van der Waals surface area contributed by atoms with Gasteiger partial charge in [-0.3, -0.25) is 0 Å². The highest BCUT2D eigenvalue weighted by molar-refractivity contribution is 7.98. The zero-order valence-electron chi connectivity index (χ0n) is 12.3. The maximum absolute atomic E-state index is 13.0. The standard InChI is InChI=1S/C16H11FN4OS2/c17-10-3-1-9(2-4-10)14-19-11(7-22-14)8-24-16-20-13(18)12-5-6-23-15(12)21-16/h1-7H,8H2,(H2,18,20,21). The number of thioether (sulfide) groups is 1. The van der Waals surface area contributed by atoms with Crippen molar-refractivity contribution >= 4 is 39.1 Å². The molecule has 1 aromatic carbocycles. The van der Waals surface area contributed by atoms with Crippen LogP contribution in [0.1, 0.15) is 5.69 Å². The molecule has 2 N–H and O–H groups in total. The van der Waals surface area contributed by atoms with Crippen molar-refractivity contribution in [3.63, 3.8) is 0 Å². The third-order valence-corrected chi connectivity index (χ3v) is 5.01. The Hall–Kier alpha value is -2.45. The average molecular weight is 358 g/mol. The van der Waals surface area contributed by atoms with E-state index in [1.165, 1.54) is 35.2 Å². The van der Waals surface area contributed by atoms with Gasteiger partial charge in [0.2, 0.25) is 5.89 Å². The highest BCUT2D eigenvalue weighted by atomic mass is 32.2. The second kappa shape index (κ2) is 6.21. The molecule has 0 bridgehead atoms. The Kier molecular flexibility index (Phi) is 3.91. The van der Waals surface area contributed by atoms with Crippen LogP contribution in [0.25, 0.3) is 21.7 Å². The highest BCUT2D eigenvalue weighted by Gasteiger charge is 2.10. The molecule has 5 nitrogen and oxygen atoms in total. The van der Waals surface area contributed by atoms with Crippen molar-refractivity contribution in [2.24, 2.45) is 0 Å². The molecule has 0 aliphatic carbocycles. The summed E-state index contributed by atoms with van der Waals surface area (Å²) in [5, 5.41) is 3.43. The van der Waals surface area contributed by atoms with Crippen molar-refractivity contribution < 1.29 is 8.81 Å². The van der Waals surface area contributed by atoms with E-state index in [1.54, 1.807) is 18.4 Å². The Labute approximate surface area is 144 Å². The van der Waals surface area contributed by atoms with Gasteiger partial charge in [0.05, 0.1) is 11.1 Å². The molecule has 0 fully saturated rings. The van der Waals surface area contributed by atoms with Crippen LogP contribution in [0.3, 0.4) is 0 Å². The van der Waals surface area contributed by atoms with Crippen LogP contribution < -0.4 is 5.73 Å². The van der Waals surface area contributed by atoms with Crippen LogP contribution in [0.5, 0.6) is 0 Å². The van der Waals surface area contributed by atoms with E-state index in [9.17, 15) is 4.39 Å². The smallest absolute Gasteiger partial charge is 0.226 e. The summed E-state index contributed by atoms with van der Waals surface area (Å²) in [5.41, 5.74) is 7.43. The van der Waals surface area contributed by atoms with E-state index in [1.807, 2.05) is 11.4 Å². The number of rotatable bonds is 4. The van der Waals surface area contributed by atoms with Gasteiger partial charge in [-0.15, -0.1) is 11.3 Å². The molecule has 4 aromatic rings. The van der Waals surface area contributed by atoms with Crippen molar-refractivity contribution in [3.8, 4) is 11.5 Å². The van der Waals surface area contributed by atoms with Gasteiger partial charge < -0.3 is 10.2 Å². The van der Waals surface area contributed by atoms with Crippen LogP contribution >= 0.6 is 23.1 Å². The van der Waals surface area contributed by atoms with Crippen molar-refractivity contribution in [1.82, 2.24) is 15.0 Å². The average Bonchev–Trinajstić information content (AvgIpc) is 3.23. The number of fused-ring (bicyclic) bond motifs is 1. The molecule has 0 aliphatic rings. The summed E-state index contributed by atoms with van der Waals surface area (Å²) in [5.74, 6) is 1.21. The Bertz CT molecular complexity index is 997. The minimum Gasteiger partial charge on any atom is -0.444 e. The minimum atomic E-state index is -0.292. The molecule has 3 aromatic heterocycles. The quantitative estimate of drug-likeness (QED) is 0.431. The third kappa shape index (κ3) is 2.98. The number of hydrogen-bond acceptors (Lipinski definition) is 7. The molecular formula is C16H11FN4OS2. The lowest BCUT2D eigenvalue weighted by molar-refractivity contribution is 0.573. The van der Waals surface area contributed by atoms with E-state index >= 15 is 0 Å². The van der Waals surface area contributed by atoms with Gasteiger partial charge in [-0.2, -0.15) is 0 Å². The normalized spacial score (nSPS) is 11.2. The third-order valence-electron chi connectivity index (χ3n) is 3.33. The fourth-order valence-electron chi connectivity index (χ4n) is 2.16. The van der Waals surface area contributed by atoms with Crippen molar-refractivity contribution in [3.05, 3.63) is 53.5 Å². The molecule has 24 heavy (non-hydrogen) atoms. The first-order valence-corrected chi connectivity index (χ1v) is 8.89. The molecule has 0 saturated heterocycles. The summed E-state index contributed by atoms with van der Waals surface area (Å²) in [7, 11) is 0. The van der Waals surface area contributed by atoms with Crippen molar-refractivity contribution in [2.75, 3.05) is 5.73 Å². The Morgan fingerprint density at radius 1 is 1.12 bits per heavy atom. The summed E-state index contributed by atoms with van der Waals surface area (Å²) in [6.07, 6.45) is 1.58. The first-order valence-electron chi connectivity index (χ1n) is 7.03. The van der Waals surface area contributed by atoms with Crippen LogP contribution in [-0.4, -0.2) is 15.0 Å². The highest BCUT2D eigenvalue weighted by Crippen LogP contribution is 2.28. The second-order valence-corrected chi connectivity index (χ2v) is 6.81. The zero-order valence-corrected chi connectivity index (χ0v) is 13.9. The Morgan fingerprint density at radius 3 is 2.79 bits per heavy atom. The zero-order chi connectivity index (χ0) is 16.5. The topological polar surface area (TPSA) is 77.8 Å². The molecule has 4 rings (SSSR count). The van der Waals surface area contributed by atoms with E-state index in [0.29, 0.717) is 22.6 Å². The fourth-order valence-corrected chi connectivity index (χ4v) is 3.72. The number of nitrogens with zero attached hydrogens (tertiary/aromatic N) is 3. The summed E-state index contributed by atoms with van der Waals surface area (Å²) >= 11 is 2.97. The number of halogens is 1. The first-order chi connectivity index (χ1) is 11.7.